The largest absolute Gasteiger partial charge is 0.355 e. The van der Waals surface area contributed by atoms with Gasteiger partial charge in [0, 0.05) is 31.6 Å². The lowest BCUT2D eigenvalue weighted by Gasteiger charge is -2.30. The van der Waals surface area contributed by atoms with Gasteiger partial charge in [0.2, 0.25) is 15.9 Å². The molecule has 2 aromatic rings. The highest BCUT2D eigenvalue weighted by Gasteiger charge is 2.30. The Hall–Kier alpha value is -2.22. The van der Waals surface area contributed by atoms with E-state index >= 15 is 0 Å². The molecule has 3 rings (SSSR count). The molecule has 0 saturated carbocycles. The Morgan fingerprint density at radius 3 is 2.41 bits per heavy atom. The normalized spacial score (nSPS) is 20.1. The fourth-order valence-corrected chi connectivity index (χ4v) is 5.48. The van der Waals surface area contributed by atoms with Crippen molar-refractivity contribution < 1.29 is 13.2 Å². The van der Waals surface area contributed by atoms with Crippen LogP contribution < -0.4 is 15.4 Å². The fourth-order valence-electron chi connectivity index (χ4n) is 4.24. The molecular weight excluding hydrogens is 422 g/mol. The molecule has 1 fully saturated rings. The minimum atomic E-state index is -3.62. The summed E-state index contributed by atoms with van der Waals surface area (Å²) in [5.74, 6) is 0.480. The molecule has 1 heterocycles. The molecule has 3 atom stereocenters. The summed E-state index contributed by atoms with van der Waals surface area (Å²) in [5.41, 5.74) is 2.23. The van der Waals surface area contributed by atoms with E-state index in [2.05, 4.69) is 41.3 Å². The zero-order valence-corrected chi connectivity index (χ0v) is 20.0. The number of hydrogen-bond donors (Lipinski definition) is 3. The van der Waals surface area contributed by atoms with E-state index in [1.165, 1.54) is 5.56 Å². The number of sulfonamides is 1. The summed E-state index contributed by atoms with van der Waals surface area (Å²) in [6.45, 7) is 7.93. The lowest BCUT2D eigenvalue weighted by atomic mass is 9.89. The number of carbonyl (C=O) groups excluding carboxylic acids is 1. The summed E-state index contributed by atoms with van der Waals surface area (Å²) in [5, 5.41) is 6.33. The Balaban J connectivity index is 1.58. The Bertz CT molecular complexity index is 975. The predicted octanol–water partition coefficient (Wildman–Crippen LogP) is 3.20. The number of rotatable bonds is 9. The van der Waals surface area contributed by atoms with Crippen LogP contribution in [0.1, 0.15) is 43.7 Å². The number of benzene rings is 2. The minimum absolute atomic E-state index is 0.0265. The van der Waals surface area contributed by atoms with Crippen molar-refractivity contribution in [3.05, 3.63) is 65.7 Å². The average molecular weight is 458 g/mol. The van der Waals surface area contributed by atoms with Crippen LogP contribution in [0.3, 0.4) is 0 Å². The van der Waals surface area contributed by atoms with Gasteiger partial charge >= 0.3 is 0 Å². The Kier molecular flexibility index (Phi) is 8.45. The minimum Gasteiger partial charge on any atom is -0.355 e. The van der Waals surface area contributed by atoms with Crippen LogP contribution in [-0.2, 0) is 14.8 Å². The number of amides is 1. The number of piperidine rings is 1. The first-order valence-electron chi connectivity index (χ1n) is 11.4. The van der Waals surface area contributed by atoms with Gasteiger partial charge in [-0.3, -0.25) is 4.79 Å². The molecule has 0 radical (unpaired) electrons. The van der Waals surface area contributed by atoms with E-state index in [-0.39, 0.29) is 28.7 Å². The van der Waals surface area contributed by atoms with Crippen molar-refractivity contribution in [2.24, 2.45) is 11.8 Å². The average Bonchev–Trinajstić information content (AvgIpc) is 2.77. The van der Waals surface area contributed by atoms with Crippen LogP contribution in [0.15, 0.2) is 59.5 Å². The second-order valence-corrected chi connectivity index (χ2v) is 10.9. The summed E-state index contributed by atoms with van der Waals surface area (Å²) in [6.07, 6.45) is 1.47. The van der Waals surface area contributed by atoms with E-state index in [1.807, 2.05) is 25.1 Å². The van der Waals surface area contributed by atoms with Crippen LogP contribution >= 0.6 is 0 Å². The van der Waals surface area contributed by atoms with E-state index in [1.54, 1.807) is 24.3 Å². The van der Waals surface area contributed by atoms with Crippen LogP contribution in [-0.4, -0.2) is 40.0 Å². The number of carbonyl (C=O) groups is 1. The molecule has 174 valence electrons. The maximum atomic E-state index is 12.9. The topological polar surface area (TPSA) is 87.3 Å². The second kappa shape index (κ2) is 11.1. The second-order valence-electron chi connectivity index (χ2n) is 9.20. The van der Waals surface area contributed by atoms with E-state index in [4.69, 9.17) is 0 Å². The van der Waals surface area contributed by atoms with Gasteiger partial charge in [0.05, 0.1) is 10.8 Å². The third kappa shape index (κ3) is 6.89. The first-order valence-corrected chi connectivity index (χ1v) is 12.9. The van der Waals surface area contributed by atoms with Gasteiger partial charge in [-0.1, -0.05) is 61.9 Å². The van der Waals surface area contributed by atoms with Crippen LogP contribution in [0.2, 0.25) is 0 Å². The first kappa shape index (κ1) is 24.4. The summed E-state index contributed by atoms with van der Waals surface area (Å²) >= 11 is 0. The van der Waals surface area contributed by atoms with E-state index < -0.39 is 10.0 Å². The molecule has 7 heteroatoms. The van der Waals surface area contributed by atoms with Crippen molar-refractivity contribution >= 4 is 15.9 Å². The van der Waals surface area contributed by atoms with Crippen molar-refractivity contribution in [3.63, 3.8) is 0 Å². The Labute approximate surface area is 192 Å². The molecule has 1 aliphatic rings. The Morgan fingerprint density at radius 2 is 1.75 bits per heavy atom. The van der Waals surface area contributed by atoms with Crippen molar-refractivity contribution in [2.45, 2.75) is 50.5 Å². The highest BCUT2D eigenvalue weighted by Crippen LogP contribution is 2.23. The van der Waals surface area contributed by atoms with Crippen molar-refractivity contribution in [1.29, 1.82) is 0 Å². The van der Waals surface area contributed by atoms with Crippen LogP contribution in [0.25, 0.3) is 0 Å². The molecule has 1 amide bonds. The molecule has 2 aromatic carbocycles. The van der Waals surface area contributed by atoms with Gasteiger partial charge < -0.3 is 10.6 Å². The molecule has 0 aromatic heterocycles. The maximum Gasteiger partial charge on any atom is 0.240 e. The van der Waals surface area contributed by atoms with Gasteiger partial charge in [0.15, 0.2) is 0 Å². The molecule has 1 saturated heterocycles. The van der Waals surface area contributed by atoms with Crippen LogP contribution in [0.5, 0.6) is 0 Å². The third-order valence-electron chi connectivity index (χ3n) is 5.92. The molecular formula is C25H35N3O3S. The molecule has 3 unspecified atom stereocenters. The predicted molar refractivity (Wildman–Crippen MR) is 128 cm³/mol. The highest BCUT2D eigenvalue weighted by molar-refractivity contribution is 7.89. The SMILES string of the molecule is Cc1ccc(S(=O)(=O)NC2CNCC(C(=O)NCC(CC(C)C)c3ccccc3)C2)cc1. The lowest BCUT2D eigenvalue weighted by molar-refractivity contribution is -0.125. The van der Waals surface area contributed by atoms with Gasteiger partial charge in [-0.25, -0.2) is 13.1 Å². The lowest BCUT2D eigenvalue weighted by Crippen LogP contribution is -2.52. The monoisotopic (exact) mass is 457 g/mol. The number of nitrogens with one attached hydrogen (secondary N) is 3. The van der Waals surface area contributed by atoms with E-state index in [0.29, 0.717) is 32.0 Å². The van der Waals surface area contributed by atoms with E-state index in [9.17, 15) is 13.2 Å². The smallest absolute Gasteiger partial charge is 0.240 e. The fraction of sp³-hybridized carbons (Fsp3) is 0.480. The number of aryl methyl sites for hydroxylation is 1. The molecule has 0 aliphatic carbocycles. The summed E-state index contributed by atoms with van der Waals surface area (Å²) in [7, 11) is -3.62. The van der Waals surface area contributed by atoms with E-state index in [0.717, 1.165) is 12.0 Å². The van der Waals surface area contributed by atoms with Crippen molar-refractivity contribution in [1.82, 2.24) is 15.4 Å². The molecule has 32 heavy (non-hydrogen) atoms. The molecule has 3 N–H and O–H groups in total. The summed E-state index contributed by atoms with van der Waals surface area (Å²) in [4.78, 5) is 13.2. The zero-order valence-electron chi connectivity index (χ0n) is 19.2. The zero-order chi connectivity index (χ0) is 23.1. The van der Waals surface area contributed by atoms with Gasteiger partial charge in [-0.2, -0.15) is 0 Å². The molecule has 6 nitrogen and oxygen atoms in total. The third-order valence-corrected chi connectivity index (χ3v) is 7.46. The standard InChI is InChI=1S/C25H35N3O3S/c1-18(2)13-21(20-7-5-4-6-8-20)16-27-25(29)22-14-23(17-26-15-22)28-32(30,31)24-11-9-19(3)10-12-24/h4-12,18,21-23,26,28H,13-17H2,1-3H3,(H,27,29). The quantitative estimate of drug-likeness (QED) is 0.540. The summed E-state index contributed by atoms with van der Waals surface area (Å²) in [6, 6.07) is 16.7. The molecule has 0 spiro atoms. The molecule has 1 aliphatic heterocycles. The molecule has 0 bridgehead atoms. The summed E-state index contributed by atoms with van der Waals surface area (Å²) < 4.78 is 28.2. The van der Waals surface area contributed by atoms with Gasteiger partial charge in [-0.15, -0.1) is 0 Å². The number of hydrogen-bond acceptors (Lipinski definition) is 4. The van der Waals surface area contributed by atoms with Gasteiger partial charge in [0.25, 0.3) is 0 Å². The van der Waals surface area contributed by atoms with Crippen molar-refractivity contribution in [2.75, 3.05) is 19.6 Å². The van der Waals surface area contributed by atoms with Crippen LogP contribution in [0.4, 0.5) is 0 Å². The highest BCUT2D eigenvalue weighted by atomic mass is 32.2. The first-order chi connectivity index (χ1) is 15.2. The van der Waals surface area contributed by atoms with Gasteiger partial charge in [-0.05, 0) is 43.4 Å². The Morgan fingerprint density at radius 1 is 1.06 bits per heavy atom. The van der Waals surface area contributed by atoms with Crippen molar-refractivity contribution in [3.8, 4) is 0 Å². The van der Waals surface area contributed by atoms with Crippen LogP contribution in [0, 0.1) is 18.8 Å². The maximum absolute atomic E-state index is 12.9. The van der Waals surface area contributed by atoms with Gasteiger partial charge in [0.1, 0.15) is 0 Å².